The van der Waals surface area contributed by atoms with Crippen molar-refractivity contribution in [1.82, 2.24) is 0 Å². The van der Waals surface area contributed by atoms with Crippen LogP contribution in [0.25, 0.3) is 11.1 Å². The molecule has 0 amide bonds. The van der Waals surface area contributed by atoms with Crippen LogP contribution in [0.3, 0.4) is 0 Å². The van der Waals surface area contributed by atoms with Crippen LogP contribution in [0.5, 0.6) is 11.5 Å². The Bertz CT molecular complexity index is 590. The van der Waals surface area contributed by atoms with Crippen LogP contribution < -0.4 is 4.74 Å². The predicted molar refractivity (Wildman–Crippen MR) is 67.1 cm³/mol. The molecule has 0 aliphatic carbocycles. The molecule has 2 rings (SSSR count). The Morgan fingerprint density at radius 3 is 2.44 bits per heavy atom. The summed E-state index contributed by atoms with van der Waals surface area (Å²) in [5, 5.41) is 18.5. The van der Waals surface area contributed by atoms with Crippen LogP contribution in [0, 0.1) is 0 Å². The van der Waals surface area contributed by atoms with Gasteiger partial charge in [-0.3, -0.25) is 0 Å². The number of hydrogen-bond donors (Lipinski definition) is 2. The maximum Gasteiger partial charge on any atom is 0.339 e. The molecule has 0 spiro atoms. The molecule has 2 N–H and O–H groups in total. The van der Waals surface area contributed by atoms with Crippen molar-refractivity contribution in [3.8, 4) is 22.6 Å². The molecule has 0 heterocycles. The molecular formula is C14H12O4. The molecule has 0 aliphatic rings. The maximum atomic E-state index is 10.8. The first kappa shape index (κ1) is 12.0. The first-order valence-electron chi connectivity index (χ1n) is 5.32. The van der Waals surface area contributed by atoms with Gasteiger partial charge in [-0.15, -0.1) is 0 Å². The Morgan fingerprint density at radius 1 is 1.11 bits per heavy atom. The van der Waals surface area contributed by atoms with Crippen LogP contribution in [0.4, 0.5) is 0 Å². The molecule has 0 fully saturated rings. The van der Waals surface area contributed by atoms with Crippen molar-refractivity contribution < 1.29 is 19.7 Å². The highest BCUT2D eigenvalue weighted by molar-refractivity contribution is 5.91. The van der Waals surface area contributed by atoms with Crippen LogP contribution in [0.1, 0.15) is 10.4 Å². The van der Waals surface area contributed by atoms with Crippen molar-refractivity contribution in [3.05, 3.63) is 48.0 Å². The summed E-state index contributed by atoms with van der Waals surface area (Å²) in [5.41, 5.74) is 1.47. The number of rotatable bonds is 3. The zero-order chi connectivity index (χ0) is 13.1. The molecule has 92 valence electrons. The number of carbonyl (C=O) groups is 1. The second kappa shape index (κ2) is 4.79. The van der Waals surface area contributed by atoms with Gasteiger partial charge in [-0.05, 0) is 35.4 Å². The Kier molecular flexibility index (Phi) is 3.19. The number of carboxylic acid groups (broad SMARTS) is 1. The third-order valence-corrected chi connectivity index (χ3v) is 2.63. The number of aromatic hydroxyl groups is 1. The highest BCUT2D eigenvalue weighted by Crippen LogP contribution is 2.28. The maximum absolute atomic E-state index is 10.8. The van der Waals surface area contributed by atoms with Gasteiger partial charge in [0.2, 0.25) is 0 Å². The van der Waals surface area contributed by atoms with E-state index in [4.69, 9.17) is 9.84 Å². The normalized spacial score (nSPS) is 10.1. The number of hydrogen-bond acceptors (Lipinski definition) is 3. The smallest absolute Gasteiger partial charge is 0.339 e. The monoisotopic (exact) mass is 244 g/mol. The first-order chi connectivity index (χ1) is 8.61. The van der Waals surface area contributed by atoms with Crippen molar-refractivity contribution in [2.24, 2.45) is 0 Å². The Balaban J connectivity index is 2.45. The second-order valence-corrected chi connectivity index (χ2v) is 3.77. The molecule has 0 aliphatic heterocycles. The number of carboxylic acids is 1. The van der Waals surface area contributed by atoms with Gasteiger partial charge in [-0.1, -0.05) is 18.2 Å². The van der Waals surface area contributed by atoms with Gasteiger partial charge >= 0.3 is 5.97 Å². The zero-order valence-corrected chi connectivity index (χ0v) is 9.75. The first-order valence-corrected chi connectivity index (χ1v) is 5.32. The molecule has 2 aromatic rings. The molecule has 0 saturated heterocycles. The van der Waals surface area contributed by atoms with Gasteiger partial charge in [-0.2, -0.15) is 0 Å². The van der Waals surface area contributed by atoms with E-state index >= 15 is 0 Å². The molecule has 0 saturated carbocycles. The van der Waals surface area contributed by atoms with Crippen LogP contribution in [-0.2, 0) is 0 Å². The topological polar surface area (TPSA) is 66.8 Å². The lowest BCUT2D eigenvalue weighted by molar-refractivity contribution is 0.0694. The fraction of sp³-hybridized carbons (Fsp3) is 0.0714. The van der Waals surface area contributed by atoms with E-state index in [1.54, 1.807) is 13.2 Å². The van der Waals surface area contributed by atoms with E-state index in [2.05, 4.69) is 0 Å². The third-order valence-electron chi connectivity index (χ3n) is 2.63. The largest absolute Gasteiger partial charge is 0.507 e. The van der Waals surface area contributed by atoms with Crippen LogP contribution in [-0.4, -0.2) is 23.3 Å². The number of ether oxygens (including phenoxy) is 1. The van der Waals surface area contributed by atoms with Crippen molar-refractivity contribution in [3.63, 3.8) is 0 Å². The summed E-state index contributed by atoms with van der Waals surface area (Å²) in [7, 11) is 1.57. The fourth-order valence-corrected chi connectivity index (χ4v) is 1.69. The standard InChI is InChI=1S/C14H12O4/c1-18-11-4-2-3-9(7-11)10-5-6-12(14(16)17)13(15)8-10/h2-8,15H,1H3,(H,16,17). The average Bonchev–Trinajstić information content (AvgIpc) is 2.38. The molecule has 4 nitrogen and oxygen atoms in total. The van der Waals surface area contributed by atoms with Gasteiger partial charge in [-0.25, -0.2) is 4.79 Å². The van der Waals surface area contributed by atoms with Crippen LogP contribution >= 0.6 is 0 Å². The molecule has 0 atom stereocenters. The molecule has 0 bridgehead atoms. The van der Waals surface area contributed by atoms with Gasteiger partial charge in [0.05, 0.1) is 7.11 Å². The third kappa shape index (κ3) is 2.27. The Morgan fingerprint density at radius 2 is 1.83 bits per heavy atom. The van der Waals surface area contributed by atoms with Crippen molar-refractivity contribution >= 4 is 5.97 Å². The van der Waals surface area contributed by atoms with Crippen molar-refractivity contribution in [2.45, 2.75) is 0 Å². The summed E-state index contributed by atoms with van der Waals surface area (Å²) >= 11 is 0. The van der Waals surface area contributed by atoms with E-state index in [1.165, 1.54) is 12.1 Å². The van der Waals surface area contributed by atoms with E-state index in [1.807, 2.05) is 24.3 Å². The number of benzene rings is 2. The quantitative estimate of drug-likeness (QED) is 0.871. The second-order valence-electron chi connectivity index (χ2n) is 3.77. The van der Waals surface area contributed by atoms with Crippen LogP contribution in [0.15, 0.2) is 42.5 Å². The minimum absolute atomic E-state index is 0.110. The summed E-state index contributed by atoms with van der Waals surface area (Å²) in [6.45, 7) is 0. The number of aromatic carboxylic acids is 1. The van der Waals surface area contributed by atoms with Gasteiger partial charge in [0.15, 0.2) is 0 Å². The SMILES string of the molecule is COc1cccc(-c2ccc(C(=O)O)c(O)c2)c1. The van der Waals surface area contributed by atoms with Gasteiger partial charge in [0, 0.05) is 0 Å². The van der Waals surface area contributed by atoms with E-state index in [0.717, 1.165) is 11.1 Å². The van der Waals surface area contributed by atoms with E-state index < -0.39 is 5.97 Å². The lowest BCUT2D eigenvalue weighted by atomic mass is 10.0. The summed E-state index contributed by atoms with van der Waals surface area (Å²) in [4.78, 5) is 10.8. The van der Waals surface area contributed by atoms with E-state index in [-0.39, 0.29) is 11.3 Å². The molecule has 0 aromatic heterocycles. The molecule has 0 radical (unpaired) electrons. The van der Waals surface area contributed by atoms with Crippen molar-refractivity contribution in [2.75, 3.05) is 7.11 Å². The van der Waals surface area contributed by atoms with E-state index in [9.17, 15) is 9.90 Å². The fourth-order valence-electron chi connectivity index (χ4n) is 1.69. The average molecular weight is 244 g/mol. The van der Waals surface area contributed by atoms with Gasteiger partial charge in [0.1, 0.15) is 17.1 Å². The van der Waals surface area contributed by atoms with Gasteiger partial charge in [0.25, 0.3) is 0 Å². The molecule has 18 heavy (non-hydrogen) atoms. The van der Waals surface area contributed by atoms with Crippen molar-refractivity contribution in [1.29, 1.82) is 0 Å². The molecular weight excluding hydrogens is 232 g/mol. The van der Waals surface area contributed by atoms with Crippen LogP contribution in [0.2, 0.25) is 0 Å². The minimum atomic E-state index is -1.15. The lowest BCUT2D eigenvalue weighted by Gasteiger charge is -2.06. The number of methoxy groups -OCH3 is 1. The summed E-state index contributed by atoms with van der Waals surface area (Å²) in [6.07, 6.45) is 0. The highest BCUT2D eigenvalue weighted by Gasteiger charge is 2.10. The highest BCUT2D eigenvalue weighted by atomic mass is 16.5. The predicted octanol–water partition coefficient (Wildman–Crippen LogP) is 2.77. The number of phenols is 1. The minimum Gasteiger partial charge on any atom is -0.507 e. The Labute approximate surface area is 104 Å². The summed E-state index contributed by atoms with van der Waals surface area (Å²) < 4.78 is 5.11. The Hall–Kier alpha value is -2.49. The molecule has 0 unspecified atom stereocenters. The lowest BCUT2D eigenvalue weighted by Crippen LogP contribution is -1.96. The summed E-state index contributed by atoms with van der Waals surface area (Å²) in [5.74, 6) is -0.693. The molecule has 2 aromatic carbocycles. The van der Waals surface area contributed by atoms with E-state index in [0.29, 0.717) is 5.75 Å². The summed E-state index contributed by atoms with van der Waals surface area (Å²) in [6, 6.07) is 11.8. The van der Waals surface area contributed by atoms with Gasteiger partial charge < -0.3 is 14.9 Å². The molecule has 4 heteroatoms. The zero-order valence-electron chi connectivity index (χ0n) is 9.75.